The van der Waals surface area contributed by atoms with E-state index in [1.54, 1.807) is 6.92 Å². The van der Waals surface area contributed by atoms with E-state index in [0.717, 1.165) is 0 Å². The Balaban J connectivity index is 3.25. The molecule has 0 saturated carbocycles. The van der Waals surface area contributed by atoms with Crippen LogP contribution in [0.2, 0.25) is 0 Å². The van der Waals surface area contributed by atoms with Crippen molar-refractivity contribution in [3.8, 4) is 5.75 Å². The van der Waals surface area contributed by atoms with Crippen molar-refractivity contribution in [1.82, 2.24) is 4.72 Å². The molecule has 2 N–H and O–H groups in total. The van der Waals surface area contributed by atoms with Crippen LogP contribution in [0.3, 0.4) is 0 Å². The molecule has 0 saturated heterocycles. The molecule has 1 aromatic rings. The summed E-state index contributed by atoms with van der Waals surface area (Å²) in [4.78, 5) is 10.8. The highest BCUT2D eigenvalue weighted by Gasteiger charge is 2.22. The molecule has 20 heavy (non-hydrogen) atoms. The van der Waals surface area contributed by atoms with Gasteiger partial charge in [0.25, 0.3) is 0 Å². The van der Waals surface area contributed by atoms with E-state index in [-0.39, 0.29) is 22.9 Å². The highest BCUT2D eigenvalue weighted by molar-refractivity contribution is 7.89. The highest BCUT2D eigenvalue weighted by Crippen LogP contribution is 2.22. The predicted octanol–water partition coefficient (Wildman–Crippen LogP) is 1.40. The maximum atomic E-state index is 12.3. The van der Waals surface area contributed by atoms with Gasteiger partial charge in [-0.2, -0.15) is 0 Å². The van der Waals surface area contributed by atoms with Gasteiger partial charge in [0.2, 0.25) is 10.0 Å². The van der Waals surface area contributed by atoms with Crippen LogP contribution in [0.1, 0.15) is 25.8 Å². The van der Waals surface area contributed by atoms with Gasteiger partial charge in [-0.05, 0) is 37.1 Å². The molecule has 0 aliphatic carbocycles. The van der Waals surface area contributed by atoms with Crippen LogP contribution in [-0.4, -0.2) is 32.6 Å². The number of aliphatic carboxylic acids is 1. The Bertz CT molecular complexity index is 582. The standard InChI is InChI=1S/C13H19NO5S/c1-4-9(2)14-20(17,18)12-6-5-11(19-3)7-10(12)8-13(15)16/h5-7,9,14H,4,8H2,1-3H3,(H,15,16). The minimum Gasteiger partial charge on any atom is -0.497 e. The molecular formula is C13H19NO5S. The number of hydrogen-bond acceptors (Lipinski definition) is 4. The fraction of sp³-hybridized carbons (Fsp3) is 0.462. The SMILES string of the molecule is CCC(C)NS(=O)(=O)c1ccc(OC)cc1CC(=O)O. The van der Waals surface area contributed by atoms with Crippen molar-refractivity contribution >= 4 is 16.0 Å². The zero-order valence-corrected chi connectivity index (χ0v) is 12.5. The summed E-state index contributed by atoms with van der Waals surface area (Å²) in [5.74, 6) is -0.679. The van der Waals surface area contributed by atoms with Gasteiger partial charge < -0.3 is 9.84 Å². The van der Waals surface area contributed by atoms with Crippen molar-refractivity contribution in [2.24, 2.45) is 0 Å². The molecule has 1 rings (SSSR count). The van der Waals surface area contributed by atoms with E-state index < -0.39 is 16.0 Å². The molecule has 112 valence electrons. The Labute approximate surface area is 118 Å². The maximum Gasteiger partial charge on any atom is 0.307 e. The van der Waals surface area contributed by atoms with Crippen LogP contribution in [0.25, 0.3) is 0 Å². The van der Waals surface area contributed by atoms with E-state index in [1.165, 1.54) is 25.3 Å². The third-order valence-electron chi connectivity index (χ3n) is 2.87. The Hall–Kier alpha value is -1.60. The second-order valence-electron chi connectivity index (χ2n) is 4.47. The van der Waals surface area contributed by atoms with Crippen LogP contribution < -0.4 is 9.46 Å². The highest BCUT2D eigenvalue weighted by atomic mass is 32.2. The minimum absolute atomic E-state index is 0.0269. The number of benzene rings is 1. The van der Waals surface area contributed by atoms with E-state index in [1.807, 2.05) is 6.92 Å². The second kappa shape index (κ2) is 6.71. The zero-order valence-electron chi connectivity index (χ0n) is 11.7. The number of rotatable bonds is 7. The minimum atomic E-state index is -3.74. The summed E-state index contributed by atoms with van der Waals surface area (Å²) >= 11 is 0. The lowest BCUT2D eigenvalue weighted by Gasteiger charge is -2.15. The largest absolute Gasteiger partial charge is 0.497 e. The summed E-state index contributed by atoms with van der Waals surface area (Å²) in [6.07, 6.45) is 0.262. The molecular weight excluding hydrogens is 282 g/mol. The number of ether oxygens (including phenoxy) is 1. The van der Waals surface area contributed by atoms with E-state index >= 15 is 0 Å². The van der Waals surface area contributed by atoms with Gasteiger partial charge in [0.1, 0.15) is 5.75 Å². The van der Waals surface area contributed by atoms with E-state index in [2.05, 4.69) is 4.72 Å². The number of carbonyl (C=O) groups is 1. The first-order chi connectivity index (χ1) is 9.30. The molecule has 0 amide bonds. The summed E-state index contributed by atoms with van der Waals surface area (Å²) in [7, 11) is -2.31. The first-order valence-electron chi connectivity index (χ1n) is 6.21. The second-order valence-corrected chi connectivity index (χ2v) is 6.16. The number of hydrogen-bond donors (Lipinski definition) is 2. The van der Waals surface area contributed by atoms with E-state index in [9.17, 15) is 13.2 Å². The van der Waals surface area contributed by atoms with Crippen molar-refractivity contribution < 1.29 is 23.1 Å². The van der Waals surface area contributed by atoms with Gasteiger partial charge in [0, 0.05) is 6.04 Å². The third kappa shape index (κ3) is 4.21. The Morgan fingerprint density at radius 2 is 2.10 bits per heavy atom. The van der Waals surface area contributed by atoms with Crippen LogP contribution in [0.5, 0.6) is 5.75 Å². The number of sulfonamides is 1. The molecule has 7 heteroatoms. The summed E-state index contributed by atoms with van der Waals surface area (Å²) in [5.41, 5.74) is 0.202. The molecule has 1 unspecified atom stereocenters. The molecule has 6 nitrogen and oxygen atoms in total. The fourth-order valence-corrected chi connectivity index (χ4v) is 3.20. The van der Waals surface area contributed by atoms with Crippen LogP contribution in [0.15, 0.2) is 23.1 Å². The Morgan fingerprint density at radius 3 is 2.60 bits per heavy atom. The average molecular weight is 301 g/mol. The first kappa shape index (κ1) is 16.5. The van der Waals surface area contributed by atoms with E-state index in [4.69, 9.17) is 9.84 Å². The quantitative estimate of drug-likeness (QED) is 0.794. The summed E-state index contributed by atoms with van der Waals surface area (Å²) in [6.45, 7) is 3.61. The van der Waals surface area contributed by atoms with Crippen LogP contribution in [-0.2, 0) is 21.2 Å². The Kier molecular flexibility index (Phi) is 5.52. The average Bonchev–Trinajstić information content (AvgIpc) is 2.36. The van der Waals surface area contributed by atoms with E-state index in [0.29, 0.717) is 12.2 Å². The smallest absolute Gasteiger partial charge is 0.307 e. The predicted molar refractivity (Wildman–Crippen MR) is 74.4 cm³/mol. The van der Waals surface area contributed by atoms with Gasteiger partial charge in [-0.25, -0.2) is 13.1 Å². The molecule has 0 aromatic heterocycles. The molecule has 0 bridgehead atoms. The summed E-state index contributed by atoms with van der Waals surface area (Å²) in [5, 5.41) is 8.89. The lowest BCUT2D eigenvalue weighted by molar-refractivity contribution is -0.136. The van der Waals surface area contributed by atoms with Crippen LogP contribution >= 0.6 is 0 Å². The molecule has 0 aliphatic rings. The maximum absolute atomic E-state index is 12.3. The fourth-order valence-electron chi connectivity index (χ4n) is 1.66. The third-order valence-corrected chi connectivity index (χ3v) is 4.56. The van der Waals surface area contributed by atoms with Crippen molar-refractivity contribution in [2.45, 2.75) is 37.6 Å². The monoisotopic (exact) mass is 301 g/mol. The van der Waals surface area contributed by atoms with Gasteiger partial charge in [-0.15, -0.1) is 0 Å². The molecule has 0 fully saturated rings. The van der Waals surface area contributed by atoms with Crippen LogP contribution in [0, 0.1) is 0 Å². The molecule has 0 spiro atoms. The number of carboxylic acid groups (broad SMARTS) is 1. The van der Waals surface area contributed by atoms with Gasteiger partial charge in [0.05, 0.1) is 18.4 Å². The van der Waals surface area contributed by atoms with Crippen molar-refractivity contribution in [3.05, 3.63) is 23.8 Å². The molecule has 1 atom stereocenters. The summed E-state index contributed by atoms with van der Waals surface area (Å²) < 4.78 is 32.0. The van der Waals surface area contributed by atoms with Crippen molar-refractivity contribution in [2.75, 3.05) is 7.11 Å². The van der Waals surface area contributed by atoms with Gasteiger partial charge in [0.15, 0.2) is 0 Å². The molecule has 1 aromatic carbocycles. The zero-order chi connectivity index (χ0) is 15.3. The van der Waals surface area contributed by atoms with Gasteiger partial charge in [-0.3, -0.25) is 4.79 Å². The lowest BCUT2D eigenvalue weighted by atomic mass is 10.1. The molecule has 0 radical (unpaired) electrons. The molecule has 0 heterocycles. The first-order valence-corrected chi connectivity index (χ1v) is 7.69. The van der Waals surface area contributed by atoms with Gasteiger partial charge >= 0.3 is 5.97 Å². The topological polar surface area (TPSA) is 92.7 Å². The lowest BCUT2D eigenvalue weighted by Crippen LogP contribution is -2.32. The Morgan fingerprint density at radius 1 is 1.45 bits per heavy atom. The van der Waals surface area contributed by atoms with Crippen LogP contribution in [0.4, 0.5) is 0 Å². The number of carboxylic acids is 1. The normalized spacial score (nSPS) is 12.9. The van der Waals surface area contributed by atoms with Crippen molar-refractivity contribution in [3.63, 3.8) is 0 Å². The van der Waals surface area contributed by atoms with Gasteiger partial charge in [-0.1, -0.05) is 6.92 Å². The van der Waals surface area contributed by atoms with Crippen molar-refractivity contribution in [1.29, 1.82) is 0 Å². The number of methoxy groups -OCH3 is 1. The summed E-state index contributed by atoms with van der Waals surface area (Å²) in [6, 6.07) is 4.07. The molecule has 0 aliphatic heterocycles. The number of nitrogens with one attached hydrogen (secondary N) is 1.